The number of carbonyl (C=O) groups is 1. The van der Waals surface area contributed by atoms with E-state index in [9.17, 15) is 4.79 Å². The zero-order valence-electron chi connectivity index (χ0n) is 14.3. The van der Waals surface area contributed by atoms with E-state index in [1.807, 2.05) is 31.2 Å². The van der Waals surface area contributed by atoms with E-state index >= 15 is 0 Å². The van der Waals surface area contributed by atoms with Gasteiger partial charge in [0.2, 0.25) is 5.91 Å². The Hall–Kier alpha value is -1.30. The number of aromatic nitrogens is 1. The van der Waals surface area contributed by atoms with Crippen molar-refractivity contribution in [1.29, 1.82) is 0 Å². The average Bonchev–Trinajstić information content (AvgIpc) is 3.16. The highest BCUT2D eigenvalue weighted by Crippen LogP contribution is 2.40. The highest BCUT2D eigenvalue weighted by atomic mass is 35.5. The summed E-state index contributed by atoms with van der Waals surface area (Å²) in [4.78, 5) is 17.1. The zero-order valence-corrected chi connectivity index (χ0v) is 16.7. The summed E-state index contributed by atoms with van der Waals surface area (Å²) in [6.07, 6.45) is 5.39. The Morgan fingerprint density at radius 2 is 1.96 bits per heavy atom. The minimum absolute atomic E-state index is 0. The number of benzene rings is 1. The van der Waals surface area contributed by atoms with Crippen molar-refractivity contribution in [1.82, 2.24) is 10.3 Å². The van der Waals surface area contributed by atoms with E-state index in [0.717, 1.165) is 47.6 Å². The number of para-hydroxylation sites is 1. The Bertz CT molecular complexity index is 699. The first-order chi connectivity index (χ1) is 11.1. The molecule has 0 saturated heterocycles. The Kier molecular flexibility index (Phi) is 8.19. The lowest BCUT2D eigenvalue weighted by molar-refractivity contribution is -0.123. The lowest BCUT2D eigenvalue weighted by atomic mass is 9.97. The molecule has 0 spiro atoms. The van der Waals surface area contributed by atoms with Crippen molar-refractivity contribution < 1.29 is 4.79 Å². The number of halogens is 2. The van der Waals surface area contributed by atoms with E-state index in [0.29, 0.717) is 12.8 Å². The molecule has 0 bridgehead atoms. The van der Waals surface area contributed by atoms with Gasteiger partial charge in [-0.25, -0.2) is 4.98 Å². The average molecular weight is 402 g/mol. The van der Waals surface area contributed by atoms with Crippen molar-refractivity contribution in [2.24, 2.45) is 0 Å². The molecule has 1 amide bonds. The Morgan fingerprint density at radius 1 is 1.28 bits per heavy atom. The standard InChI is InChI=1S/C18H23N3OS.2ClH/c1-13-12-23-17(20-13)18(10-4-5-11-18)21-16(22)9-8-14-6-2-3-7-15(14)19;;/h2-3,6-7,12H,4-5,8-11,19H2,1H3,(H,21,22);2*1H. The molecular formula is C18H25Cl2N3OS. The molecule has 7 heteroatoms. The minimum Gasteiger partial charge on any atom is -0.399 e. The monoisotopic (exact) mass is 401 g/mol. The molecule has 2 aromatic rings. The van der Waals surface area contributed by atoms with Gasteiger partial charge in [-0.05, 0) is 37.8 Å². The molecule has 1 saturated carbocycles. The molecule has 4 nitrogen and oxygen atoms in total. The fraction of sp³-hybridized carbons (Fsp3) is 0.444. The van der Waals surface area contributed by atoms with Crippen LogP contribution in [0.5, 0.6) is 0 Å². The van der Waals surface area contributed by atoms with Crippen molar-refractivity contribution >= 4 is 47.7 Å². The topological polar surface area (TPSA) is 68.0 Å². The van der Waals surface area contributed by atoms with Crippen LogP contribution in [-0.2, 0) is 16.8 Å². The number of nitrogens with two attached hydrogens (primary N) is 1. The normalized spacial score (nSPS) is 15.1. The van der Waals surface area contributed by atoms with Gasteiger partial charge in [-0.15, -0.1) is 36.2 Å². The fourth-order valence-electron chi connectivity index (χ4n) is 3.28. The SMILES string of the molecule is Cc1csc(C2(NC(=O)CCc3ccccc3N)CCCC2)n1.Cl.Cl. The number of thiazole rings is 1. The summed E-state index contributed by atoms with van der Waals surface area (Å²) < 4.78 is 0. The second-order valence-corrected chi connectivity index (χ2v) is 7.19. The second kappa shape index (κ2) is 9.41. The van der Waals surface area contributed by atoms with Crippen LogP contribution in [-0.4, -0.2) is 10.9 Å². The largest absolute Gasteiger partial charge is 0.399 e. The van der Waals surface area contributed by atoms with Crippen LogP contribution < -0.4 is 11.1 Å². The van der Waals surface area contributed by atoms with Crippen molar-refractivity contribution in [3.63, 3.8) is 0 Å². The molecule has 25 heavy (non-hydrogen) atoms. The van der Waals surface area contributed by atoms with Crippen LogP contribution in [0.4, 0.5) is 5.69 Å². The summed E-state index contributed by atoms with van der Waals surface area (Å²) in [5.74, 6) is 0.0861. The zero-order chi connectivity index (χ0) is 16.3. The van der Waals surface area contributed by atoms with Crippen LogP contribution in [0.15, 0.2) is 29.6 Å². The predicted molar refractivity (Wildman–Crippen MR) is 109 cm³/mol. The maximum atomic E-state index is 12.5. The molecule has 3 N–H and O–H groups in total. The van der Waals surface area contributed by atoms with E-state index in [1.54, 1.807) is 11.3 Å². The number of nitrogens with one attached hydrogen (secondary N) is 1. The lowest BCUT2D eigenvalue weighted by Crippen LogP contribution is -2.43. The van der Waals surface area contributed by atoms with Gasteiger partial charge < -0.3 is 11.1 Å². The van der Waals surface area contributed by atoms with Crippen molar-refractivity contribution in [3.8, 4) is 0 Å². The molecular weight excluding hydrogens is 377 g/mol. The first-order valence-corrected chi connectivity index (χ1v) is 9.04. The Labute approximate surface area is 165 Å². The second-order valence-electron chi connectivity index (χ2n) is 6.33. The summed E-state index contributed by atoms with van der Waals surface area (Å²) in [6.45, 7) is 2.00. The first kappa shape index (κ1) is 21.7. The molecule has 1 aliphatic carbocycles. The van der Waals surface area contributed by atoms with Crippen molar-refractivity contribution in [2.45, 2.75) is 51.0 Å². The van der Waals surface area contributed by atoms with Gasteiger partial charge in [-0.2, -0.15) is 0 Å². The summed E-state index contributed by atoms with van der Waals surface area (Å²) in [5, 5.41) is 6.40. The highest BCUT2D eigenvalue weighted by molar-refractivity contribution is 7.09. The Balaban J connectivity index is 0.00000156. The summed E-state index contributed by atoms with van der Waals surface area (Å²) in [5.41, 5.74) is 8.52. The molecule has 0 radical (unpaired) electrons. The van der Waals surface area contributed by atoms with Gasteiger partial charge in [-0.3, -0.25) is 4.79 Å². The predicted octanol–water partition coefficient (Wildman–Crippen LogP) is 4.40. The molecule has 1 aromatic carbocycles. The van der Waals surface area contributed by atoms with Crippen molar-refractivity contribution in [3.05, 3.63) is 45.9 Å². The van der Waals surface area contributed by atoms with Gasteiger partial charge in [0.1, 0.15) is 5.01 Å². The fourth-order valence-corrected chi connectivity index (χ4v) is 4.30. The van der Waals surface area contributed by atoms with Gasteiger partial charge in [-0.1, -0.05) is 31.0 Å². The van der Waals surface area contributed by atoms with E-state index in [2.05, 4.69) is 15.7 Å². The smallest absolute Gasteiger partial charge is 0.221 e. The van der Waals surface area contributed by atoms with Gasteiger partial charge in [0, 0.05) is 23.2 Å². The van der Waals surface area contributed by atoms with E-state index in [-0.39, 0.29) is 36.3 Å². The first-order valence-electron chi connectivity index (χ1n) is 8.16. The van der Waals surface area contributed by atoms with Crippen LogP contribution >= 0.6 is 36.2 Å². The van der Waals surface area contributed by atoms with E-state index in [4.69, 9.17) is 5.73 Å². The number of nitrogen functional groups attached to an aromatic ring is 1. The Morgan fingerprint density at radius 3 is 2.56 bits per heavy atom. The maximum Gasteiger partial charge on any atom is 0.221 e. The van der Waals surface area contributed by atoms with Gasteiger partial charge in [0.05, 0.1) is 5.54 Å². The van der Waals surface area contributed by atoms with Crippen molar-refractivity contribution in [2.75, 3.05) is 5.73 Å². The summed E-state index contributed by atoms with van der Waals surface area (Å²) in [6, 6.07) is 7.74. The van der Waals surface area contributed by atoms with Gasteiger partial charge in [0.15, 0.2) is 0 Å². The number of amides is 1. The van der Waals surface area contributed by atoms with Crippen LogP contribution in [0, 0.1) is 6.92 Å². The summed E-state index contributed by atoms with van der Waals surface area (Å²) in [7, 11) is 0. The van der Waals surface area contributed by atoms with Crippen LogP contribution in [0.2, 0.25) is 0 Å². The molecule has 1 heterocycles. The van der Waals surface area contributed by atoms with E-state index < -0.39 is 0 Å². The molecule has 3 rings (SSSR count). The molecule has 1 aromatic heterocycles. The third kappa shape index (κ3) is 5.09. The van der Waals surface area contributed by atoms with Gasteiger partial charge >= 0.3 is 0 Å². The molecule has 0 aliphatic heterocycles. The number of hydrogen-bond donors (Lipinski definition) is 2. The van der Waals surface area contributed by atoms with Crippen LogP contribution in [0.3, 0.4) is 0 Å². The quantitative estimate of drug-likeness (QED) is 0.729. The highest BCUT2D eigenvalue weighted by Gasteiger charge is 2.39. The molecule has 1 fully saturated rings. The number of carbonyl (C=O) groups excluding carboxylic acids is 1. The molecule has 1 aliphatic rings. The maximum absolute atomic E-state index is 12.5. The number of aryl methyl sites for hydroxylation is 2. The number of rotatable bonds is 5. The molecule has 0 unspecified atom stereocenters. The summed E-state index contributed by atoms with van der Waals surface area (Å²) >= 11 is 1.66. The number of anilines is 1. The third-order valence-corrected chi connectivity index (χ3v) is 5.70. The van der Waals surface area contributed by atoms with Gasteiger partial charge in [0.25, 0.3) is 0 Å². The number of nitrogens with zero attached hydrogens (tertiary/aromatic N) is 1. The minimum atomic E-state index is -0.252. The molecule has 0 atom stereocenters. The number of hydrogen-bond acceptors (Lipinski definition) is 4. The van der Waals surface area contributed by atoms with Crippen LogP contribution in [0.25, 0.3) is 0 Å². The van der Waals surface area contributed by atoms with Crippen LogP contribution in [0.1, 0.15) is 48.4 Å². The van der Waals surface area contributed by atoms with E-state index in [1.165, 1.54) is 0 Å². The third-order valence-electron chi connectivity index (χ3n) is 4.54. The lowest BCUT2D eigenvalue weighted by Gasteiger charge is -2.28. The molecule has 138 valence electrons.